The zero-order valence-electron chi connectivity index (χ0n) is 17.3. The molecule has 0 spiro atoms. The molecule has 32 heavy (non-hydrogen) atoms. The fourth-order valence-corrected chi connectivity index (χ4v) is 4.65. The number of oxazole rings is 1. The molecule has 3 aromatic rings. The van der Waals surface area contributed by atoms with Crippen LogP contribution < -0.4 is 5.76 Å². The van der Waals surface area contributed by atoms with Crippen LogP contribution in [0.3, 0.4) is 0 Å². The van der Waals surface area contributed by atoms with Gasteiger partial charge < -0.3 is 14.1 Å². The van der Waals surface area contributed by atoms with Crippen molar-refractivity contribution in [1.82, 2.24) is 9.47 Å². The van der Waals surface area contributed by atoms with Crippen LogP contribution in [0.1, 0.15) is 30.2 Å². The fraction of sp³-hybridized carbons (Fsp3) is 0.381. The van der Waals surface area contributed by atoms with E-state index in [0.717, 1.165) is 12.0 Å². The van der Waals surface area contributed by atoms with Gasteiger partial charge in [0.2, 0.25) is 0 Å². The van der Waals surface area contributed by atoms with Gasteiger partial charge in [0.1, 0.15) is 0 Å². The highest BCUT2D eigenvalue weighted by molar-refractivity contribution is 7.10. The number of nitrogens with zero attached hydrogens (tertiary/aromatic N) is 3. The number of hydrogen-bond acceptors (Lipinski definition) is 8. The molecule has 1 aliphatic heterocycles. The molecule has 0 N–H and O–H groups in total. The van der Waals surface area contributed by atoms with Crippen LogP contribution in [0.4, 0.5) is 5.69 Å². The van der Waals surface area contributed by atoms with Crippen molar-refractivity contribution < 1.29 is 23.7 Å². The lowest BCUT2D eigenvalue weighted by molar-refractivity contribution is -0.384. The summed E-state index contributed by atoms with van der Waals surface area (Å²) in [6.45, 7) is 2.86. The number of benzene rings is 1. The summed E-state index contributed by atoms with van der Waals surface area (Å²) in [5.74, 6) is -1.42. The molecule has 1 aromatic carbocycles. The van der Waals surface area contributed by atoms with E-state index in [2.05, 4.69) is 0 Å². The SMILES string of the molecule is CC(OC(=O)CCCn1c(=O)oc2cc([N+](=O)[O-])ccc21)C(=O)N1CCc2sccc2C1. The highest BCUT2D eigenvalue weighted by Gasteiger charge is 2.27. The Morgan fingerprint density at radius 1 is 1.34 bits per heavy atom. The van der Waals surface area contributed by atoms with Crippen LogP contribution in [-0.4, -0.2) is 38.9 Å². The normalized spacial score (nSPS) is 14.2. The standard InChI is InChI=1S/C21H21N3O7S/c1-13(20(26)22-9-6-18-14(12-22)7-10-32-18)30-19(25)3-2-8-23-16-5-4-15(24(28)29)11-17(16)31-21(23)27/h4-5,7,10-11,13H,2-3,6,8-9,12H2,1H3. The molecule has 10 nitrogen and oxygen atoms in total. The number of amides is 1. The van der Waals surface area contributed by atoms with Gasteiger partial charge in [-0.15, -0.1) is 11.3 Å². The van der Waals surface area contributed by atoms with E-state index < -0.39 is 22.8 Å². The molecule has 1 aliphatic rings. The summed E-state index contributed by atoms with van der Waals surface area (Å²) in [5, 5.41) is 12.9. The highest BCUT2D eigenvalue weighted by atomic mass is 32.1. The maximum atomic E-state index is 12.6. The van der Waals surface area contributed by atoms with E-state index in [-0.39, 0.29) is 36.6 Å². The molecule has 1 atom stereocenters. The van der Waals surface area contributed by atoms with Crippen LogP contribution >= 0.6 is 11.3 Å². The predicted molar refractivity (Wildman–Crippen MR) is 115 cm³/mol. The number of ether oxygens (including phenoxy) is 1. The Hall–Kier alpha value is -3.47. The Balaban J connectivity index is 1.30. The molecule has 0 fully saturated rings. The number of hydrogen-bond donors (Lipinski definition) is 0. The molecule has 2 aromatic heterocycles. The van der Waals surface area contributed by atoms with E-state index in [9.17, 15) is 24.5 Å². The Morgan fingerprint density at radius 3 is 2.94 bits per heavy atom. The minimum atomic E-state index is -0.888. The Bertz CT molecular complexity index is 1240. The molecule has 11 heteroatoms. The van der Waals surface area contributed by atoms with E-state index in [0.29, 0.717) is 18.6 Å². The van der Waals surface area contributed by atoms with Crippen molar-refractivity contribution in [1.29, 1.82) is 0 Å². The number of aromatic nitrogens is 1. The van der Waals surface area contributed by atoms with Gasteiger partial charge in [-0.2, -0.15) is 0 Å². The first-order chi connectivity index (χ1) is 15.3. The molecule has 0 bridgehead atoms. The number of aryl methyl sites for hydroxylation is 1. The van der Waals surface area contributed by atoms with E-state index in [4.69, 9.17) is 9.15 Å². The lowest BCUT2D eigenvalue weighted by atomic mass is 10.1. The Morgan fingerprint density at radius 2 is 2.16 bits per heavy atom. The van der Waals surface area contributed by atoms with Crippen molar-refractivity contribution >= 4 is 40.0 Å². The van der Waals surface area contributed by atoms with Crippen LogP contribution in [-0.2, 0) is 33.8 Å². The average molecular weight is 459 g/mol. The molecule has 1 amide bonds. The molecule has 3 heterocycles. The largest absolute Gasteiger partial charge is 0.453 e. The van der Waals surface area contributed by atoms with Gasteiger partial charge in [0, 0.05) is 37.0 Å². The van der Waals surface area contributed by atoms with Gasteiger partial charge in [-0.3, -0.25) is 24.3 Å². The number of non-ortho nitro benzene ring substituents is 1. The highest BCUT2D eigenvalue weighted by Crippen LogP contribution is 2.25. The van der Waals surface area contributed by atoms with E-state index in [1.54, 1.807) is 23.2 Å². The van der Waals surface area contributed by atoms with E-state index >= 15 is 0 Å². The summed E-state index contributed by atoms with van der Waals surface area (Å²) in [6, 6.07) is 5.92. The summed E-state index contributed by atoms with van der Waals surface area (Å²) in [6.07, 6.45) is 0.211. The lowest BCUT2D eigenvalue weighted by Crippen LogP contribution is -2.42. The van der Waals surface area contributed by atoms with Crippen LogP contribution in [0, 0.1) is 10.1 Å². The minimum Gasteiger partial charge on any atom is -0.453 e. The lowest BCUT2D eigenvalue weighted by Gasteiger charge is -2.29. The average Bonchev–Trinajstić information content (AvgIpc) is 3.35. The Kier molecular flexibility index (Phi) is 6.08. The second-order valence-corrected chi connectivity index (χ2v) is 8.54. The molecule has 168 valence electrons. The van der Waals surface area contributed by atoms with Crippen molar-refractivity contribution in [2.24, 2.45) is 0 Å². The number of nitro groups is 1. The van der Waals surface area contributed by atoms with Gasteiger partial charge in [0.25, 0.3) is 11.6 Å². The van der Waals surface area contributed by atoms with Crippen LogP contribution in [0.5, 0.6) is 0 Å². The number of carbonyl (C=O) groups excluding carboxylic acids is 2. The van der Waals surface area contributed by atoms with Gasteiger partial charge in [-0.05, 0) is 42.8 Å². The molecule has 0 radical (unpaired) electrons. The van der Waals surface area contributed by atoms with Crippen molar-refractivity contribution in [3.8, 4) is 0 Å². The topological polar surface area (TPSA) is 125 Å². The zero-order chi connectivity index (χ0) is 22.8. The number of esters is 1. The summed E-state index contributed by atoms with van der Waals surface area (Å²) < 4.78 is 11.7. The first-order valence-corrected chi connectivity index (χ1v) is 11.0. The summed E-state index contributed by atoms with van der Waals surface area (Å²) in [4.78, 5) is 50.2. The summed E-state index contributed by atoms with van der Waals surface area (Å²) in [5.41, 5.74) is 1.48. The van der Waals surface area contributed by atoms with Gasteiger partial charge in [-0.25, -0.2) is 4.79 Å². The third-order valence-corrected chi connectivity index (χ3v) is 6.42. The number of fused-ring (bicyclic) bond motifs is 2. The van der Waals surface area contributed by atoms with Gasteiger partial charge in [0.15, 0.2) is 11.7 Å². The van der Waals surface area contributed by atoms with E-state index in [1.165, 1.54) is 27.6 Å². The monoisotopic (exact) mass is 459 g/mol. The molecule has 0 saturated heterocycles. The molecular weight excluding hydrogens is 438 g/mol. The first-order valence-electron chi connectivity index (χ1n) is 10.1. The molecular formula is C21H21N3O7S. The van der Waals surface area contributed by atoms with Crippen molar-refractivity contribution in [3.63, 3.8) is 0 Å². The maximum Gasteiger partial charge on any atom is 0.419 e. The van der Waals surface area contributed by atoms with Crippen LogP contribution in [0.25, 0.3) is 11.1 Å². The number of rotatable bonds is 7. The molecule has 0 aliphatic carbocycles. The summed E-state index contributed by atoms with van der Waals surface area (Å²) in [7, 11) is 0. The van der Waals surface area contributed by atoms with Gasteiger partial charge in [-0.1, -0.05) is 0 Å². The van der Waals surface area contributed by atoms with Crippen LogP contribution in [0.2, 0.25) is 0 Å². The second kappa shape index (κ2) is 8.95. The number of carbonyl (C=O) groups is 2. The Labute approximate surface area is 186 Å². The predicted octanol–water partition coefficient (Wildman–Crippen LogP) is 2.86. The quantitative estimate of drug-likeness (QED) is 0.302. The van der Waals surface area contributed by atoms with Gasteiger partial charge >= 0.3 is 11.7 Å². The second-order valence-electron chi connectivity index (χ2n) is 7.54. The third kappa shape index (κ3) is 4.42. The van der Waals surface area contributed by atoms with E-state index in [1.807, 2.05) is 11.4 Å². The van der Waals surface area contributed by atoms with Crippen molar-refractivity contribution in [3.05, 3.63) is 60.8 Å². The molecule has 1 unspecified atom stereocenters. The summed E-state index contributed by atoms with van der Waals surface area (Å²) >= 11 is 1.69. The van der Waals surface area contributed by atoms with Gasteiger partial charge in [0.05, 0.1) is 16.5 Å². The fourth-order valence-electron chi connectivity index (χ4n) is 3.76. The minimum absolute atomic E-state index is 0.0123. The zero-order valence-corrected chi connectivity index (χ0v) is 18.1. The smallest absolute Gasteiger partial charge is 0.419 e. The third-order valence-electron chi connectivity index (χ3n) is 5.40. The number of nitro benzene ring substituents is 1. The number of thiophene rings is 1. The molecule has 4 rings (SSSR count). The first kappa shape index (κ1) is 21.8. The molecule has 0 saturated carbocycles. The van der Waals surface area contributed by atoms with Crippen molar-refractivity contribution in [2.75, 3.05) is 6.54 Å². The van der Waals surface area contributed by atoms with Crippen LogP contribution in [0.15, 0.2) is 38.9 Å². The maximum absolute atomic E-state index is 12.6. The van der Waals surface area contributed by atoms with Crippen molar-refractivity contribution in [2.45, 2.75) is 45.4 Å².